The Morgan fingerprint density at radius 3 is 2.71 bits per heavy atom. The van der Waals surface area contributed by atoms with Gasteiger partial charge >= 0.3 is 0 Å². The zero-order valence-electron chi connectivity index (χ0n) is 7.55. The summed E-state index contributed by atoms with van der Waals surface area (Å²) < 4.78 is 13.4. The van der Waals surface area contributed by atoms with E-state index in [1.807, 2.05) is 0 Å². The number of nitrogens with one attached hydrogen (secondary N) is 1. The summed E-state index contributed by atoms with van der Waals surface area (Å²) in [5, 5.41) is 2.49. The molecule has 0 heterocycles. The highest BCUT2D eigenvalue weighted by molar-refractivity contribution is 9.10. The van der Waals surface area contributed by atoms with Gasteiger partial charge in [0.25, 0.3) is 0 Å². The molecule has 0 aromatic heterocycles. The van der Waals surface area contributed by atoms with Gasteiger partial charge in [-0.15, -0.1) is 0 Å². The highest BCUT2D eigenvalue weighted by Crippen LogP contribution is 2.18. The maximum Gasteiger partial charge on any atom is 0.241 e. The Kier molecular flexibility index (Phi) is 3.60. The van der Waals surface area contributed by atoms with Crippen molar-refractivity contribution in [3.05, 3.63) is 28.5 Å². The van der Waals surface area contributed by atoms with Gasteiger partial charge < -0.3 is 11.1 Å². The van der Waals surface area contributed by atoms with Crippen LogP contribution in [0, 0.1) is 5.82 Å². The number of benzene rings is 1. The highest BCUT2D eigenvalue weighted by Gasteiger charge is 2.08. The second-order valence-corrected chi connectivity index (χ2v) is 3.85. The molecule has 0 saturated carbocycles. The van der Waals surface area contributed by atoms with Crippen molar-refractivity contribution in [3.63, 3.8) is 0 Å². The van der Waals surface area contributed by atoms with Crippen molar-refractivity contribution in [2.75, 3.05) is 5.32 Å². The van der Waals surface area contributed by atoms with Gasteiger partial charge in [-0.2, -0.15) is 0 Å². The fraction of sp³-hybridized carbons (Fsp3) is 0.222. The van der Waals surface area contributed by atoms with E-state index in [0.717, 1.165) is 0 Å². The topological polar surface area (TPSA) is 55.1 Å². The Morgan fingerprint density at radius 2 is 2.21 bits per heavy atom. The van der Waals surface area contributed by atoms with E-state index in [4.69, 9.17) is 5.73 Å². The monoisotopic (exact) mass is 260 g/mol. The molecule has 1 amide bonds. The normalized spacial score (nSPS) is 12.3. The maximum absolute atomic E-state index is 12.9. The highest BCUT2D eigenvalue weighted by atomic mass is 79.9. The molecule has 1 rings (SSSR count). The Morgan fingerprint density at radius 1 is 1.57 bits per heavy atom. The van der Waals surface area contributed by atoms with Crippen LogP contribution in [0.3, 0.4) is 0 Å². The van der Waals surface area contributed by atoms with Crippen LogP contribution in [-0.4, -0.2) is 11.9 Å². The average molecular weight is 261 g/mol. The number of amides is 1. The van der Waals surface area contributed by atoms with Crippen molar-refractivity contribution in [3.8, 4) is 0 Å². The smallest absolute Gasteiger partial charge is 0.241 e. The van der Waals surface area contributed by atoms with Crippen LogP contribution in [-0.2, 0) is 4.79 Å². The maximum atomic E-state index is 12.9. The van der Waals surface area contributed by atoms with Crippen LogP contribution >= 0.6 is 15.9 Å². The minimum absolute atomic E-state index is 0.345. The summed E-state index contributed by atoms with van der Waals surface area (Å²) >= 11 is 3.12. The zero-order chi connectivity index (χ0) is 10.7. The van der Waals surface area contributed by atoms with Crippen molar-refractivity contribution in [2.45, 2.75) is 13.0 Å². The fourth-order valence-electron chi connectivity index (χ4n) is 0.882. The lowest BCUT2D eigenvalue weighted by molar-refractivity contribution is -0.117. The van der Waals surface area contributed by atoms with Crippen molar-refractivity contribution in [1.82, 2.24) is 0 Å². The van der Waals surface area contributed by atoms with Gasteiger partial charge in [0.1, 0.15) is 5.82 Å². The van der Waals surface area contributed by atoms with E-state index >= 15 is 0 Å². The van der Waals surface area contributed by atoms with Crippen LogP contribution < -0.4 is 11.1 Å². The van der Waals surface area contributed by atoms with Gasteiger partial charge in [-0.1, -0.05) is 15.9 Å². The van der Waals surface area contributed by atoms with Crippen molar-refractivity contribution in [1.29, 1.82) is 0 Å². The minimum Gasteiger partial charge on any atom is -0.325 e. The second kappa shape index (κ2) is 4.52. The summed E-state index contributed by atoms with van der Waals surface area (Å²) in [5.41, 5.74) is 5.73. The average Bonchev–Trinajstić information content (AvgIpc) is 2.01. The molecule has 1 aromatic carbocycles. The first kappa shape index (κ1) is 11.1. The van der Waals surface area contributed by atoms with Crippen molar-refractivity contribution in [2.24, 2.45) is 5.73 Å². The number of rotatable bonds is 2. The molecule has 0 saturated heterocycles. The molecule has 0 bridgehead atoms. The molecule has 3 nitrogen and oxygen atoms in total. The SMILES string of the molecule is C[C@@H](N)C(=O)Nc1cc(F)cc(Br)c1. The van der Waals surface area contributed by atoms with Crippen LogP contribution in [0.2, 0.25) is 0 Å². The van der Waals surface area contributed by atoms with E-state index < -0.39 is 11.9 Å². The predicted molar refractivity (Wildman–Crippen MR) is 56.4 cm³/mol. The van der Waals surface area contributed by atoms with E-state index in [-0.39, 0.29) is 5.91 Å². The Balaban J connectivity index is 2.82. The van der Waals surface area contributed by atoms with E-state index in [9.17, 15) is 9.18 Å². The summed E-state index contributed by atoms with van der Waals surface area (Å²) in [6, 6.07) is 3.52. The molecule has 0 aliphatic rings. The van der Waals surface area contributed by atoms with Gasteiger partial charge in [-0.3, -0.25) is 4.79 Å². The van der Waals surface area contributed by atoms with Crippen molar-refractivity contribution >= 4 is 27.5 Å². The van der Waals surface area contributed by atoms with Crippen LogP contribution in [0.25, 0.3) is 0 Å². The third-order valence-corrected chi connectivity index (χ3v) is 2.00. The minimum atomic E-state index is -0.614. The van der Waals surface area contributed by atoms with Gasteiger partial charge in [-0.25, -0.2) is 4.39 Å². The molecule has 14 heavy (non-hydrogen) atoms. The summed E-state index contributed by atoms with van der Waals surface area (Å²) in [7, 11) is 0. The van der Waals surface area contributed by atoms with E-state index in [1.165, 1.54) is 12.1 Å². The van der Waals surface area contributed by atoms with Gasteiger partial charge in [-0.05, 0) is 25.1 Å². The predicted octanol–water partition coefficient (Wildman–Crippen LogP) is 1.87. The summed E-state index contributed by atoms with van der Waals surface area (Å²) in [6.07, 6.45) is 0. The number of hydrogen-bond acceptors (Lipinski definition) is 2. The molecule has 0 aliphatic carbocycles. The quantitative estimate of drug-likeness (QED) is 0.853. The molecule has 0 unspecified atom stereocenters. The number of carbonyl (C=O) groups excluding carboxylic acids is 1. The second-order valence-electron chi connectivity index (χ2n) is 2.94. The van der Waals surface area contributed by atoms with E-state index in [1.54, 1.807) is 13.0 Å². The molecule has 0 spiro atoms. The zero-order valence-corrected chi connectivity index (χ0v) is 9.14. The van der Waals surface area contributed by atoms with Gasteiger partial charge in [0.15, 0.2) is 0 Å². The number of carbonyl (C=O) groups is 1. The first-order valence-electron chi connectivity index (χ1n) is 4.01. The Labute approximate surface area is 89.6 Å². The van der Waals surface area contributed by atoms with Crippen molar-refractivity contribution < 1.29 is 9.18 Å². The largest absolute Gasteiger partial charge is 0.325 e. The number of halogens is 2. The molecule has 5 heteroatoms. The number of anilines is 1. The molecule has 0 aliphatic heterocycles. The Hall–Kier alpha value is -0.940. The fourth-order valence-corrected chi connectivity index (χ4v) is 1.35. The van der Waals surface area contributed by atoms with Crippen LogP contribution in [0.5, 0.6) is 0 Å². The molecular weight excluding hydrogens is 251 g/mol. The van der Waals surface area contributed by atoms with Gasteiger partial charge in [0, 0.05) is 10.2 Å². The number of nitrogens with two attached hydrogens (primary N) is 1. The molecule has 0 radical (unpaired) electrons. The third-order valence-electron chi connectivity index (χ3n) is 1.54. The first-order valence-corrected chi connectivity index (χ1v) is 4.81. The van der Waals surface area contributed by atoms with Crippen LogP contribution in [0.15, 0.2) is 22.7 Å². The molecular formula is C9H10BrFN2O. The molecule has 1 atom stereocenters. The Bertz CT molecular complexity index is 334. The van der Waals surface area contributed by atoms with E-state index in [0.29, 0.717) is 10.2 Å². The lowest BCUT2D eigenvalue weighted by atomic mass is 10.3. The summed E-state index contributed by atoms with van der Waals surface area (Å²) in [6.45, 7) is 1.56. The van der Waals surface area contributed by atoms with Gasteiger partial charge in [0.2, 0.25) is 5.91 Å². The van der Waals surface area contributed by atoms with Gasteiger partial charge in [0.05, 0.1) is 6.04 Å². The molecule has 1 aromatic rings. The molecule has 3 N–H and O–H groups in total. The summed E-state index contributed by atoms with van der Waals surface area (Å²) in [5.74, 6) is -0.762. The standard InChI is InChI=1S/C9H10BrFN2O/c1-5(12)9(14)13-8-3-6(10)2-7(11)4-8/h2-5H,12H2,1H3,(H,13,14)/t5-/m1/s1. The summed E-state index contributed by atoms with van der Waals surface area (Å²) in [4.78, 5) is 11.2. The lowest BCUT2D eigenvalue weighted by Gasteiger charge is -2.07. The molecule has 0 fully saturated rings. The number of hydrogen-bond donors (Lipinski definition) is 2. The first-order chi connectivity index (χ1) is 6.49. The van der Waals surface area contributed by atoms with Crippen LogP contribution in [0.1, 0.15) is 6.92 Å². The van der Waals surface area contributed by atoms with E-state index in [2.05, 4.69) is 21.2 Å². The van der Waals surface area contributed by atoms with Crippen LogP contribution in [0.4, 0.5) is 10.1 Å². The third kappa shape index (κ3) is 3.08. The lowest BCUT2D eigenvalue weighted by Crippen LogP contribution is -2.32. The molecule has 76 valence electrons.